The largest absolute Gasteiger partial charge is 0.416 e. The number of carbonyl (C=O) groups is 1. The van der Waals surface area contributed by atoms with Crippen LogP contribution < -0.4 is 10.2 Å². The molecule has 1 aliphatic heterocycles. The molecule has 1 fully saturated rings. The van der Waals surface area contributed by atoms with Crippen molar-refractivity contribution < 1.29 is 14.3 Å². The number of morpholine rings is 1. The van der Waals surface area contributed by atoms with Gasteiger partial charge in [0.25, 0.3) is 0 Å². The van der Waals surface area contributed by atoms with Gasteiger partial charge in [-0.25, -0.2) is 14.8 Å². The van der Waals surface area contributed by atoms with E-state index in [9.17, 15) is 4.79 Å². The topological polar surface area (TPSA) is 76.6 Å². The van der Waals surface area contributed by atoms with Crippen LogP contribution in [0.4, 0.5) is 10.7 Å². The monoisotopic (exact) mass is 396 g/mol. The van der Waals surface area contributed by atoms with E-state index in [1.54, 1.807) is 13.0 Å². The molecule has 1 N–H and O–H groups in total. The minimum Gasteiger partial charge on any atom is -0.416 e. The second kappa shape index (κ2) is 10.6. The molecule has 0 aliphatic carbocycles. The molecule has 1 saturated heterocycles. The first-order chi connectivity index (χ1) is 14.1. The molecule has 0 saturated carbocycles. The number of allylic oxidation sites excluding steroid dienone is 2. The average Bonchev–Trinajstić information content (AvgIpc) is 2.77. The molecule has 7 heteroatoms. The van der Waals surface area contributed by atoms with Gasteiger partial charge in [-0.3, -0.25) is 0 Å². The first-order valence-electron chi connectivity index (χ1n) is 9.94. The maximum atomic E-state index is 11.7. The van der Waals surface area contributed by atoms with Crippen LogP contribution in [0.15, 0.2) is 48.5 Å². The van der Waals surface area contributed by atoms with Crippen molar-refractivity contribution in [2.45, 2.75) is 33.2 Å². The standard InChI is InChI=1S/C22H28N4O3/c1-3-17(2)29-22(27)25-14-19-6-4-5-18(13-19)7-8-20-15-23-21(24-16-20)26-9-11-28-12-10-26/h3-6,13,15-16H,7-12,14H2,1-2H3,(H,25,27)/b17-3+. The van der Waals surface area contributed by atoms with E-state index in [2.05, 4.69) is 32.3 Å². The van der Waals surface area contributed by atoms with Crippen LogP contribution in [-0.2, 0) is 28.9 Å². The molecule has 1 aliphatic rings. The third-order valence-electron chi connectivity index (χ3n) is 4.78. The second-order valence-electron chi connectivity index (χ2n) is 6.95. The Bertz CT molecular complexity index is 830. The summed E-state index contributed by atoms with van der Waals surface area (Å²) >= 11 is 0. The number of aromatic nitrogens is 2. The van der Waals surface area contributed by atoms with Crippen LogP contribution in [0.25, 0.3) is 0 Å². The highest BCUT2D eigenvalue weighted by molar-refractivity contribution is 5.68. The number of hydrogen-bond donors (Lipinski definition) is 1. The van der Waals surface area contributed by atoms with Gasteiger partial charge in [-0.2, -0.15) is 0 Å². The Labute approximate surface area is 171 Å². The molecule has 2 aromatic rings. The Morgan fingerprint density at radius 3 is 2.59 bits per heavy atom. The first-order valence-corrected chi connectivity index (χ1v) is 9.94. The Hall–Kier alpha value is -2.93. The van der Waals surface area contributed by atoms with Crippen molar-refractivity contribution in [2.75, 3.05) is 31.2 Å². The highest BCUT2D eigenvalue weighted by Gasteiger charge is 2.13. The number of rotatable bonds is 7. The highest BCUT2D eigenvalue weighted by atomic mass is 16.6. The lowest BCUT2D eigenvalue weighted by Crippen LogP contribution is -2.37. The molecule has 1 amide bonds. The second-order valence-corrected chi connectivity index (χ2v) is 6.95. The van der Waals surface area contributed by atoms with E-state index in [0.29, 0.717) is 12.3 Å². The van der Waals surface area contributed by atoms with E-state index >= 15 is 0 Å². The van der Waals surface area contributed by atoms with Gasteiger partial charge in [0.05, 0.1) is 13.2 Å². The van der Waals surface area contributed by atoms with Crippen LogP contribution in [0, 0.1) is 0 Å². The van der Waals surface area contributed by atoms with Gasteiger partial charge in [0.2, 0.25) is 5.95 Å². The smallest absolute Gasteiger partial charge is 0.412 e. The van der Waals surface area contributed by atoms with Gasteiger partial charge in [-0.05, 0) is 49.5 Å². The number of anilines is 1. The summed E-state index contributed by atoms with van der Waals surface area (Å²) in [5, 5.41) is 2.77. The van der Waals surface area contributed by atoms with Gasteiger partial charge in [-0.1, -0.05) is 24.3 Å². The number of nitrogens with zero attached hydrogens (tertiary/aromatic N) is 3. The van der Waals surface area contributed by atoms with Crippen molar-refractivity contribution in [3.05, 3.63) is 65.2 Å². The number of aryl methyl sites for hydroxylation is 2. The molecule has 0 bridgehead atoms. The number of nitrogens with one attached hydrogen (secondary N) is 1. The van der Waals surface area contributed by atoms with Crippen molar-refractivity contribution in [1.82, 2.24) is 15.3 Å². The Morgan fingerprint density at radius 2 is 1.86 bits per heavy atom. The van der Waals surface area contributed by atoms with Crippen LogP contribution >= 0.6 is 0 Å². The van der Waals surface area contributed by atoms with Crippen LogP contribution in [-0.4, -0.2) is 42.4 Å². The summed E-state index contributed by atoms with van der Waals surface area (Å²) in [6.07, 6.45) is 6.87. The number of ether oxygens (including phenoxy) is 2. The fraction of sp³-hybridized carbons (Fsp3) is 0.409. The Kier molecular flexibility index (Phi) is 7.58. The number of carbonyl (C=O) groups excluding carboxylic acids is 1. The zero-order valence-corrected chi connectivity index (χ0v) is 17.1. The van der Waals surface area contributed by atoms with Gasteiger partial charge in [0, 0.05) is 32.0 Å². The lowest BCUT2D eigenvalue weighted by atomic mass is 10.0. The number of amides is 1. The fourth-order valence-electron chi connectivity index (χ4n) is 3.00. The molecule has 1 aromatic heterocycles. The van der Waals surface area contributed by atoms with E-state index in [0.717, 1.165) is 56.2 Å². The van der Waals surface area contributed by atoms with Gasteiger partial charge in [0.15, 0.2) is 0 Å². The zero-order valence-electron chi connectivity index (χ0n) is 17.1. The minimum atomic E-state index is -0.441. The van der Waals surface area contributed by atoms with Crippen molar-refractivity contribution >= 4 is 12.0 Å². The first kappa shape index (κ1) is 20.8. The van der Waals surface area contributed by atoms with Gasteiger partial charge in [0.1, 0.15) is 5.76 Å². The normalized spacial score (nSPS) is 14.6. The maximum Gasteiger partial charge on any atom is 0.412 e. The molecular weight excluding hydrogens is 368 g/mol. The summed E-state index contributed by atoms with van der Waals surface area (Å²) in [6.45, 7) is 7.13. The lowest BCUT2D eigenvalue weighted by Gasteiger charge is -2.26. The molecule has 3 rings (SSSR count). The van der Waals surface area contributed by atoms with E-state index in [1.807, 2.05) is 31.5 Å². The SMILES string of the molecule is C/C=C(\C)OC(=O)NCc1cccc(CCc2cnc(N3CCOCC3)nc2)c1. The third-order valence-corrected chi connectivity index (χ3v) is 4.78. The zero-order chi connectivity index (χ0) is 20.5. The minimum absolute atomic E-state index is 0.432. The van der Waals surface area contributed by atoms with Gasteiger partial charge in [-0.15, -0.1) is 0 Å². The number of hydrogen-bond acceptors (Lipinski definition) is 6. The van der Waals surface area contributed by atoms with Crippen LogP contribution in [0.1, 0.15) is 30.5 Å². The highest BCUT2D eigenvalue weighted by Crippen LogP contribution is 2.12. The molecule has 0 unspecified atom stereocenters. The quantitative estimate of drug-likeness (QED) is 0.724. The van der Waals surface area contributed by atoms with Crippen LogP contribution in [0.2, 0.25) is 0 Å². The lowest BCUT2D eigenvalue weighted by molar-refractivity contribution is 0.122. The van der Waals surface area contributed by atoms with Gasteiger partial charge < -0.3 is 19.7 Å². The third kappa shape index (κ3) is 6.57. The van der Waals surface area contributed by atoms with E-state index in [1.165, 1.54) is 5.56 Å². The predicted molar refractivity (Wildman–Crippen MR) is 112 cm³/mol. The molecule has 0 spiro atoms. The molecule has 29 heavy (non-hydrogen) atoms. The van der Waals surface area contributed by atoms with Crippen molar-refractivity contribution in [3.8, 4) is 0 Å². The predicted octanol–water partition coefficient (Wildman–Crippen LogP) is 3.25. The molecule has 2 heterocycles. The molecular formula is C22H28N4O3. The van der Waals surface area contributed by atoms with Crippen molar-refractivity contribution in [3.63, 3.8) is 0 Å². The summed E-state index contributed by atoms with van der Waals surface area (Å²) in [4.78, 5) is 22.9. The Morgan fingerprint density at radius 1 is 1.17 bits per heavy atom. The summed E-state index contributed by atoms with van der Waals surface area (Å²) in [5.74, 6) is 1.35. The Balaban J connectivity index is 1.49. The molecule has 0 radical (unpaired) electrons. The van der Waals surface area contributed by atoms with E-state index in [4.69, 9.17) is 9.47 Å². The summed E-state index contributed by atoms with van der Waals surface area (Å²) in [5.41, 5.74) is 3.35. The average molecular weight is 396 g/mol. The fourth-order valence-corrected chi connectivity index (χ4v) is 3.00. The molecule has 154 valence electrons. The van der Waals surface area contributed by atoms with Crippen LogP contribution in [0.3, 0.4) is 0 Å². The van der Waals surface area contributed by atoms with Gasteiger partial charge >= 0.3 is 6.09 Å². The maximum absolute atomic E-state index is 11.7. The molecule has 1 aromatic carbocycles. The molecule has 0 atom stereocenters. The summed E-state index contributed by atoms with van der Waals surface area (Å²) in [7, 11) is 0. The number of alkyl carbamates (subject to hydrolysis) is 1. The summed E-state index contributed by atoms with van der Waals surface area (Å²) in [6, 6.07) is 8.19. The van der Waals surface area contributed by atoms with Crippen molar-refractivity contribution in [2.24, 2.45) is 0 Å². The summed E-state index contributed by atoms with van der Waals surface area (Å²) < 4.78 is 10.5. The van der Waals surface area contributed by atoms with Crippen LogP contribution in [0.5, 0.6) is 0 Å². The number of benzene rings is 1. The van der Waals surface area contributed by atoms with E-state index < -0.39 is 6.09 Å². The van der Waals surface area contributed by atoms with E-state index in [-0.39, 0.29) is 0 Å². The molecule has 7 nitrogen and oxygen atoms in total. The van der Waals surface area contributed by atoms with Crippen molar-refractivity contribution in [1.29, 1.82) is 0 Å².